The first kappa shape index (κ1) is 14.9. The average molecular weight is 290 g/mol. The molecule has 3 N–H and O–H groups in total. The molecule has 6 heteroatoms. The minimum atomic E-state index is -1.02. The van der Waals surface area contributed by atoms with Crippen molar-refractivity contribution >= 4 is 5.69 Å². The van der Waals surface area contributed by atoms with Gasteiger partial charge in [-0.15, -0.1) is 0 Å². The normalized spacial score (nSPS) is 11.8. The highest BCUT2D eigenvalue weighted by Crippen LogP contribution is 2.41. The van der Waals surface area contributed by atoms with Gasteiger partial charge in [-0.1, -0.05) is 0 Å². The SMILES string of the molecule is COc1cc(OC)c(C(O)c2cnccc2N)c(OC)c1. The predicted molar refractivity (Wildman–Crippen MR) is 78.8 cm³/mol. The zero-order chi connectivity index (χ0) is 15.4. The van der Waals surface area contributed by atoms with Crippen LogP contribution in [0, 0.1) is 0 Å². The van der Waals surface area contributed by atoms with Crippen LogP contribution in [0.2, 0.25) is 0 Å². The van der Waals surface area contributed by atoms with E-state index < -0.39 is 6.10 Å². The zero-order valence-electron chi connectivity index (χ0n) is 12.2. The summed E-state index contributed by atoms with van der Waals surface area (Å²) in [7, 11) is 4.57. The van der Waals surface area contributed by atoms with Crippen LogP contribution in [0.1, 0.15) is 17.2 Å². The van der Waals surface area contributed by atoms with E-state index in [4.69, 9.17) is 19.9 Å². The molecule has 1 aromatic heterocycles. The number of aliphatic hydroxyl groups is 1. The van der Waals surface area contributed by atoms with Gasteiger partial charge in [-0.05, 0) is 6.07 Å². The number of nitrogens with two attached hydrogens (primary N) is 1. The molecule has 0 aliphatic heterocycles. The molecule has 21 heavy (non-hydrogen) atoms. The van der Waals surface area contributed by atoms with E-state index in [1.807, 2.05) is 0 Å². The fourth-order valence-corrected chi connectivity index (χ4v) is 2.10. The fraction of sp³-hybridized carbons (Fsp3) is 0.267. The monoisotopic (exact) mass is 290 g/mol. The van der Waals surface area contributed by atoms with E-state index in [0.717, 1.165) is 0 Å². The van der Waals surface area contributed by atoms with Crippen LogP contribution in [0.15, 0.2) is 30.6 Å². The molecule has 1 unspecified atom stereocenters. The minimum absolute atomic E-state index is 0.442. The molecule has 0 aliphatic rings. The van der Waals surface area contributed by atoms with E-state index in [0.29, 0.717) is 34.1 Å². The molecule has 0 saturated carbocycles. The third-order valence-electron chi connectivity index (χ3n) is 3.21. The van der Waals surface area contributed by atoms with Gasteiger partial charge in [0.1, 0.15) is 23.4 Å². The van der Waals surface area contributed by atoms with Crippen molar-refractivity contribution in [3.05, 3.63) is 41.7 Å². The van der Waals surface area contributed by atoms with Crippen molar-refractivity contribution in [1.82, 2.24) is 4.98 Å². The number of hydrogen-bond acceptors (Lipinski definition) is 6. The number of aliphatic hydroxyl groups excluding tert-OH is 1. The standard InChI is InChI=1S/C15H18N2O4/c1-19-9-6-12(20-2)14(13(7-9)21-3)15(18)10-8-17-5-4-11(10)16/h4-8,15,18H,1-3H3,(H2,16,17). The highest BCUT2D eigenvalue weighted by atomic mass is 16.5. The van der Waals surface area contributed by atoms with Crippen molar-refractivity contribution in [2.45, 2.75) is 6.10 Å². The molecule has 0 spiro atoms. The minimum Gasteiger partial charge on any atom is -0.496 e. The van der Waals surface area contributed by atoms with Crippen LogP contribution in [-0.4, -0.2) is 31.4 Å². The summed E-state index contributed by atoms with van der Waals surface area (Å²) < 4.78 is 15.8. The van der Waals surface area contributed by atoms with Crippen molar-refractivity contribution in [2.75, 3.05) is 27.1 Å². The average Bonchev–Trinajstić information content (AvgIpc) is 2.53. The van der Waals surface area contributed by atoms with Crippen LogP contribution >= 0.6 is 0 Å². The first-order chi connectivity index (χ1) is 10.1. The van der Waals surface area contributed by atoms with E-state index >= 15 is 0 Å². The van der Waals surface area contributed by atoms with Crippen molar-refractivity contribution in [2.24, 2.45) is 0 Å². The van der Waals surface area contributed by atoms with Gasteiger partial charge >= 0.3 is 0 Å². The third kappa shape index (κ3) is 2.85. The maximum Gasteiger partial charge on any atom is 0.132 e. The Balaban J connectivity index is 2.59. The molecule has 112 valence electrons. The lowest BCUT2D eigenvalue weighted by Crippen LogP contribution is -2.08. The van der Waals surface area contributed by atoms with E-state index in [1.165, 1.54) is 20.4 Å². The van der Waals surface area contributed by atoms with Crippen molar-refractivity contribution in [3.8, 4) is 17.2 Å². The first-order valence-corrected chi connectivity index (χ1v) is 6.29. The second-order valence-corrected chi connectivity index (χ2v) is 4.35. The second-order valence-electron chi connectivity index (χ2n) is 4.35. The summed E-state index contributed by atoms with van der Waals surface area (Å²) in [6.07, 6.45) is 2.06. The molecule has 0 amide bonds. The van der Waals surface area contributed by atoms with Gasteiger partial charge in [-0.3, -0.25) is 4.98 Å². The molecule has 1 aromatic carbocycles. The Hall–Kier alpha value is -2.47. The smallest absolute Gasteiger partial charge is 0.132 e. The van der Waals surface area contributed by atoms with Gasteiger partial charge in [-0.2, -0.15) is 0 Å². The van der Waals surface area contributed by atoms with Gasteiger partial charge in [0.15, 0.2) is 0 Å². The maximum absolute atomic E-state index is 10.6. The number of aromatic nitrogens is 1. The summed E-state index contributed by atoms with van der Waals surface area (Å²) in [5.41, 5.74) is 7.29. The van der Waals surface area contributed by atoms with Crippen LogP contribution in [0.3, 0.4) is 0 Å². The Kier molecular flexibility index (Phi) is 4.49. The summed E-state index contributed by atoms with van der Waals surface area (Å²) in [6, 6.07) is 4.97. The molecule has 0 aliphatic carbocycles. The molecule has 2 rings (SSSR count). The van der Waals surface area contributed by atoms with Gasteiger partial charge in [-0.25, -0.2) is 0 Å². The molecular formula is C15H18N2O4. The number of rotatable bonds is 5. The maximum atomic E-state index is 10.6. The highest BCUT2D eigenvalue weighted by molar-refractivity contribution is 5.57. The Morgan fingerprint density at radius 2 is 1.71 bits per heavy atom. The number of ether oxygens (including phenoxy) is 3. The van der Waals surface area contributed by atoms with Gasteiger partial charge < -0.3 is 25.1 Å². The lowest BCUT2D eigenvalue weighted by molar-refractivity contribution is 0.208. The predicted octanol–water partition coefficient (Wildman–Crippen LogP) is 1.77. The summed E-state index contributed by atoms with van der Waals surface area (Å²) in [5.74, 6) is 1.46. The number of methoxy groups -OCH3 is 3. The third-order valence-corrected chi connectivity index (χ3v) is 3.21. The van der Waals surface area contributed by atoms with Gasteiger partial charge in [0.05, 0.1) is 26.9 Å². The van der Waals surface area contributed by atoms with Gasteiger partial charge in [0.2, 0.25) is 0 Å². The molecule has 2 aromatic rings. The zero-order valence-corrected chi connectivity index (χ0v) is 12.2. The number of anilines is 1. The topological polar surface area (TPSA) is 86.8 Å². The number of nitrogens with zero attached hydrogens (tertiary/aromatic N) is 1. The lowest BCUT2D eigenvalue weighted by atomic mass is 9.99. The molecule has 0 bridgehead atoms. The number of benzene rings is 1. The number of hydrogen-bond donors (Lipinski definition) is 2. The van der Waals surface area contributed by atoms with Gasteiger partial charge in [0.25, 0.3) is 0 Å². The molecule has 0 radical (unpaired) electrons. The summed E-state index contributed by atoms with van der Waals surface area (Å²) in [5, 5.41) is 10.6. The Bertz CT molecular complexity index is 606. The Morgan fingerprint density at radius 1 is 1.10 bits per heavy atom. The van der Waals surface area contributed by atoms with E-state index in [9.17, 15) is 5.11 Å². The highest BCUT2D eigenvalue weighted by Gasteiger charge is 2.23. The largest absolute Gasteiger partial charge is 0.496 e. The van der Waals surface area contributed by atoms with Crippen LogP contribution < -0.4 is 19.9 Å². The number of pyridine rings is 1. The summed E-state index contributed by atoms with van der Waals surface area (Å²) >= 11 is 0. The molecule has 0 saturated heterocycles. The van der Waals surface area contributed by atoms with Crippen molar-refractivity contribution in [3.63, 3.8) is 0 Å². The molecule has 1 heterocycles. The molecule has 0 fully saturated rings. The number of nitrogen functional groups attached to an aromatic ring is 1. The van der Waals surface area contributed by atoms with Crippen LogP contribution in [0.5, 0.6) is 17.2 Å². The van der Waals surface area contributed by atoms with E-state index in [-0.39, 0.29) is 0 Å². The van der Waals surface area contributed by atoms with E-state index in [1.54, 1.807) is 31.5 Å². The molecule has 6 nitrogen and oxygen atoms in total. The summed E-state index contributed by atoms with van der Waals surface area (Å²) in [4.78, 5) is 3.99. The summed E-state index contributed by atoms with van der Waals surface area (Å²) in [6.45, 7) is 0. The molecule has 1 atom stereocenters. The van der Waals surface area contributed by atoms with Crippen molar-refractivity contribution in [1.29, 1.82) is 0 Å². The quantitative estimate of drug-likeness (QED) is 0.872. The van der Waals surface area contributed by atoms with Crippen LogP contribution in [-0.2, 0) is 0 Å². The Labute approximate surface area is 123 Å². The second kappa shape index (κ2) is 6.32. The molecular weight excluding hydrogens is 272 g/mol. The van der Waals surface area contributed by atoms with E-state index in [2.05, 4.69) is 4.98 Å². The first-order valence-electron chi connectivity index (χ1n) is 6.29. The van der Waals surface area contributed by atoms with Crippen LogP contribution in [0.4, 0.5) is 5.69 Å². The Morgan fingerprint density at radius 3 is 2.19 bits per heavy atom. The fourth-order valence-electron chi connectivity index (χ4n) is 2.10. The van der Waals surface area contributed by atoms with Crippen LogP contribution in [0.25, 0.3) is 0 Å². The van der Waals surface area contributed by atoms with Gasteiger partial charge in [0, 0.05) is 35.8 Å². The lowest BCUT2D eigenvalue weighted by Gasteiger charge is -2.20. The van der Waals surface area contributed by atoms with Crippen molar-refractivity contribution < 1.29 is 19.3 Å².